The number of benzene rings is 1. The zero-order chi connectivity index (χ0) is 22.3. The number of carbonyl (C=O) groups is 2. The minimum absolute atomic E-state index is 0.0159. The highest BCUT2D eigenvalue weighted by molar-refractivity contribution is 5.98. The van der Waals surface area contributed by atoms with Gasteiger partial charge in [-0.3, -0.25) is 9.69 Å². The second kappa shape index (κ2) is 8.09. The minimum Gasteiger partial charge on any atom is -0.496 e. The SMILES string of the molecule is COc1ccc(C(=O)C2CC3COCC(C2)N3C(=O)OC(C)(C)C)cc1C(F)(F)F. The van der Waals surface area contributed by atoms with E-state index < -0.39 is 29.4 Å². The van der Waals surface area contributed by atoms with Crippen molar-refractivity contribution < 1.29 is 37.0 Å². The number of piperidine rings is 1. The number of fused-ring (bicyclic) bond motifs is 2. The summed E-state index contributed by atoms with van der Waals surface area (Å²) in [6.07, 6.45) is -4.48. The largest absolute Gasteiger partial charge is 0.496 e. The molecule has 2 fully saturated rings. The zero-order valence-corrected chi connectivity index (χ0v) is 17.4. The fourth-order valence-electron chi connectivity index (χ4n) is 4.06. The van der Waals surface area contributed by atoms with E-state index in [-0.39, 0.29) is 42.4 Å². The number of methoxy groups -OCH3 is 1. The number of hydrogen-bond acceptors (Lipinski definition) is 5. The summed E-state index contributed by atoms with van der Waals surface area (Å²) in [5.74, 6) is -1.20. The lowest BCUT2D eigenvalue weighted by atomic mass is 9.80. The van der Waals surface area contributed by atoms with Gasteiger partial charge in [-0.15, -0.1) is 0 Å². The first-order valence-corrected chi connectivity index (χ1v) is 9.79. The molecule has 0 aliphatic carbocycles. The van der Waals surface area contributed by atoms with Gasteiger partial charge in [-0.1, -0.05) is 0 Å². The summed E-state index contributed by atoms with van der Waals surface area (Å²) in [5.41, 5.74) is -1.65. The minimum atomic E-state index is -4.63. The molecule has 9 heteroatoms. The van der Waals surface area contributed by atoms with E-state index in [0.717, 1.165) is 19.2 Å². The van der Waals surface area contributed by atoms with E-state index in [2.05, 4.69) is 0 Å². The number of ketones is 1. The van der Waals surface area contributed by atoms with Gasteiger partial charge in [0.25, 0.3) is 0 Å². The quantitative estimate of drug-likeness (QED) is 0.670. The number of rotatable bonds is 3. The van der Waals surface area contributed by atoms with Crippen LogP contribution in [-0.2, 0) is 15.7 Å². The van der Waals surface area contributed by atoms with Gasteiger partial charge in [0, 0.05) is 11.5 Å². The summed E-state index contributed by atoms with van der Waals surface area (Å²) in [6, 6.07) is 2.63. The van der Waals surface area contributed by atoms with Crippen LogP contribution in [0, 0.1) is 5.92 Å². The van der Waals surface area contributed by atoms with Crippen LogP contribution in [0.1, 0.15) is 49.5 Å². The summed E-state index contributed by atoms with van der Waals surface area (Å²) >= 11 is 0. The summed E-state index contributed by atoms with van der Waals surface area (Å²) in [6.45, 7) is 5.84. The maximum absolute atomic E-state index is 13.3. The van der Waals surface area contributed by atoms with Crippen LogP contribution >= 0.6 is 0 Å². The lowest BCUT2D eigenvalue weighted by Crippen LogP contribution is -2.60. The Morgan fingerprint density at radius 2 is 1.70 bits per heavy atom. The molecule has 1 amide bonds. The van der Waals surface area contributed by atoms with Crippen molar-refractivity contribution in [3.8, 4) is 5.75 Å². The van der Waals surface area contributed by atoms with Gasteiger partial charge in [-0.2, -0.15) is 13.2 Å². The van der Waals surface area contributed by atoms with Crippen molar-refractivity contribution in [2.45, 2.75) is 57.5 Å². The van der Waals surface area contributed by atoms with Crippen molar-refractivity contribution in [1.82, 2.24) is 4.90 Å². The molecule has 0 radical (unpaired) electrons. The molecule has 2 aliphatic heterocycles. The van der Waals surface area contributed by atoms with Gasteiger partial charge in [0.1, 0.15) is 11.4 Å². The molecule has 2 bridgehead atoms. The smallest absolute Gasteiger partial charge is 0.419 e. The van der Waals surface area contributed by atoms with Gasteiger partial charge in [-0.05, 0) is 51.8 Å². The molecule has 1 aromatic carbocycles. The fourth-order valence-corrected chi connectivity index (χ4v) is 4.06. The summed E-state index contributed by atoms with van der Waals surface area (Å²) in [7, 11) is 1.15. The molecule has 0 spiro atoms. The maximum Gasteiger partial charge on any atom is 0.419 e. The summed E-state index contributed by atoms with van der Waals surface area (Å²) < 4.78 is 55.8. The van der Waals surface area contributed by atoms with Crippen molar-refractivity contribution in [1.29, 1.82) is 0 Å². The Morgan fingerprint density at radius 3 is 2.20 bits per heavy atom. The lowest BCUT2D eigenvalue weighted by molar-refractivity contribution is -0.138. The fraction of sp³-hybridized carbons (Fsp3) is 0.619. The highest BCUT2D eigenvalue weighted by Crippen LogP contribution is 2.39. The van der Waals surface area contributed by atoms with Crippen molar-refractivity contribution in [2.75, 3.05) is 20.3 Å². The Morgan fingerprint density at radius 1 is 1.10 bits per heavy atom. The molecule has 30 heavy (non-hydrogen) atoms. The number of ether oxygens (including phenoxy) is 3. The third-order valence-corrected chi connectivity index (χ3v) is 5.28. The Bertz CT molecular complexity index is 804. The van der Waals surface area contributed by atoms with E-state index in [1.807, 2.05) is 0 Å². The van der Waals surface area contributed by atoms with Crippen LogP contribution < -0.4 is 4.74 Å². The van der Waals surface area contributed by atoms with E-state index in [4.69, 9.17) is 14.2 Å². The molecule has 0 aromatic heterocycles. The normalized spacial score (nSPS) is 24.4. The predicted octanol–water partition coefficient (Wildman–Crippen LogP) is 4.31. The van der Waals surface area contributed by atoms with Crippen LogP contribution in [0.2, 0.25) is 0 Å². The molecule has 2 heterocycles. The van der Waals surface area contributed by atoms with E-state index >= 15 is 0 Å². The topological polar surface area (TPSA) is 65.1 Å². The Hall–Kier alpha value is -2.29. The number of alkyl halides is 3. The molecule has 0 saturated carbocycles. The maximum atomic E-state index is 13.3. The van der Waals surface area contributed by atoms with E-state index in [9.17, 15) is 22.8 Å². The number of carbonyl (C=O) groups excluding carboxylic acids is 2. The molecule has 3 rings (SSSR count). The van der Waals surface area contributed by atoms with Gasteiger partial charge >= 0.3 is 12.3 Å². The van der Waals surface area contributed by atoms with E-state index in [0.29, 0.717) is 12.8 Å². The van der Waals surface area contributed by atoms with Crippen LogP contribution in [0.25, 0.3) is 0 Å². The van der Waals surface area contributed by atoms with Crippen LogP contribution in [0.15, 0.2) is 18.2 Å². The molecule has 1 aromatic rings. The molecular weight excluding hydrogens is 403 g/mol. The second-order valence-electron chi connectivity index (χ2n) is 8.68. The summed E-state index contributed by atoms with van der Waals surface area (Å²) in [5, 5.41) is 0. The number of morpholine rings is 1. The second-order valence-corrected chi connectivity index (χ2v) is 8.68. The van der Waals surface area contributed by atoms with Gasteiger partial charge in [0.05, 0.1) is 38.0 Å². The Labute approximate surface area is 173 Å². The van der Waals surface area contributed by atoms with Crippen molar-refractivity contribution in [3.05, 3.63) is 29.3 Å². The van der Waals surface area contributed by atoms with Gasteiger partial charge in [0.15, 0.2) is 5.78 Å². The predicted molar refractivity (Wildman–Crippen MR) is 102 cm³/mol. The van der Waals surface area contributed by atoms with Crippen LogP contribution in [0.4, 0.5) is 18.0 Å². The van der Waals surface area contributed by atoms with Gasteiger partial charge < -0.3 is 14.2 Å². The standard InChI is InChI=1S/C21H26F3NO5/c1-20(2,3)30-19(27)25-14-7-13(8-15(25)11-29-10-14)18(26)12-5-6-17(28-4)16(9-12)21(22,23)24/h5-6,9,13-15H,7-8,10-11H2,1-4H3. The molecule has 0 N–H and O–H groups in total. The monoisotopic (exact) mass is 429 g/mol. The third-order valence-electron chi connectivity index (χ3n) is 5.28. The number of nitrogens with zero attached hydrogens (tertiary/aromatic N) is 1. The molecule has 2 saturated heterocycles. The van der Waals surface area contributed by atoms with Crippen molar-refractivity contribution in [3.63, 3.8) is 0 Å². The molecule has 2 unspecified atom stereocenters. The number of hydrogen-bond donors (Lipinski definition) is 0. The van der Waals surface area contributed by atoms with Crippen LogP contribution in [0.3, 0.4) is 0 Å². The first-order chi connectivity index (χ1) is 13.9. The van der Waals surface area contributed by atoms with Gasteiger partial charge in [0.2, 0.25) is 0 Å². The number of Topliss-reactive ketones (excluding diaryl/α,β-unsaturated/α-hetero) is 1. The third kappa shape index (κ3) is 4.71. The average molecular weight is 429 g/mol. The van der Waals surface area contributed by atoms with Gasteiger partial charge in [-0.25, -0.2) is 4.79 Å². The first kappa shape index (κ1) is 22.4. The first-order valence-electron chi connectivity index (χ1n) is 9.79. The molecular formula is C21H26F3NO5. The number of amides is 1. The molecule has 6 nitrogen and oxygen atoms in total. The Kier molecular flexibility index (Phi) is 6.04. The van der Waals surface area contributed by atoms with Crippen molar-refractivity contribution in [2.24, 2.45) is 5.92 Å². The summed E-state index contributed by atoms with van der Waals surface area (Å²) in [4.78, 5) is 27.3. The zero-order valence-electron chi connectivity index (χ0n) is 17.4. The highest BCUT2D eigenvalue weighted by Gasteiger charge is 2.45. The average Bonchev–Trinajstić information content (AvgIpc) is 2.63. The molecule has 2 aliphatic rings. The highest BCUT2D eigenvalue weighted by atomic mass is 19.4. The lowest BCUT2D eigenvalue weighted by Gasteiger charge is -2.47. The Balaban J connectivity index is 1.81. The number of halogens is 3. The van der Waals surface area contributed by atoms with Crippen LogP contribution in [-0.4, -0.2) is 54.8 Å². The molecule has 166 valence electrons. The molecule has 2 atom stereocenters. The van der Waals surface area contributed by atoms with E-state index in [1.165, 1.54) is 6.07 Å². The van der Waals surface area contributed by atoms with E-state index in [1.54, 1.807) is 25.7 Å². The van der Waals surface area contributed by atoms with Crippen molar-refractivity contribution >= 4 is 11.9 Å². The van der Waals surface area contributed by atoms with Crippen LogP contribution in [0.5, 0.6) is 5.75 Å².